The number of fused-ring (bicyclic) bond motifs is 1. The number of ether oxygens (including phenoxy) is 3. The largest absolute Gasteiger partial charge is 0.588 e. The van der Waals surface area contributed by atoms with Gasteiger partial charge < -0.3 is 23.7 Å². The monoisotopic (exact) mass is 736 g/mol. The Kier molecular flexibility index (Phi) is 9.45. The minimum atomic E-state index is -4.71. The zero-order valence-corrected chi connectivity index (χ0v) is 28.8. The highest BCUT2D eigenvalue weighted by atomic mass is 32.3. The third kappa shape index (κ3) is 5.79. The smallest absolute Gasteiger partial charge is 0.416 e. The molecule has 1 spiro atoms. The quantitative estimate of drug-likeness (QED) is 0.169. The molecule has 2 unspecified atom stereocenters. The van der Waals surface area contributed by atoms with E-state index in [1.807, 2.05) is 6.07 Å². The average molecular weight is 737 g/mol. The molecule has 3 aromatic rings. The number of para-hydroxylation sites is 1. The van der Waals surface area contributed by atoms with Crippen molar-refractivity contribution in [3.63, 3.8) is 0 Å². The summed E-state index contributed by atoms with van der Waals surface area (Å²) in [6.07, 6.45) is -4.92. The molecule has 6 rings (SSSR count). The normalized spacial score (nSPS) is 21.6. The van der Waals surface area contributed by atoms with Crippen molar-refractivity contribution in [1.29, 1.82) is 5.26 Å². The molecule has 16 heteroatoms. The fraction of sp³-hybridized carbons (Fsp3) is 0.306. The van der Waals surface area contributed by atoms with Crippen molar-refractivity contribution in [3.8, 4) is 6.07 Å². The first-order chi connectivity index (χ1) is 24.7. The van der Waals surface area contributed by atoms with Crippen LogP contribution >= 0.6 is 0 Å². The summed E-state index contributed by atoms with van der Waals surface area (Å²) in [6.45, 7) is 2.68. The number of alkyl halides is 3. The second-order valence-electron chi connectivity index (χ2n) is 12.0. The predicted molar refractivity (Wildman–Crippen MR) is 178 cm³/mol. The summed E-state index contributed by atoms with van der Waals surface area (Å²) in [7, 11) is -3.63. The topological polar surface area (TPSA) is 162 Å². The molecule has 0 saturated carbocycles. The lowest BCUT2D eigenvalue weighted by molar-refractivity contribution is -0.144. The Morgan fingerprint density at radius 2 is 1.63 bits per heavy atom. The van der Waals surface area contributed by atoms with E-state index in [1.165, 1.54) is 43.3 Å². The number of esters is 3. The van der Waals surface area contributed by atoms with Crippen LogP contribution in [0.15, 0.2) is 94.0 Å². The van der Waals surface area contributed by atoms with Gasteiger partial charge in [-0.25, -0.2) is 19.4 Å². The number of aliphatic imine (C=N–C) groups is 1. The lowest BCUT2D eigenvalue weighted by atomic mass is 9.69. The van der Waals surface area contributed by atoms with Gasteiger partial charge in [0.15, 0.2) is 32.9 Å². The van der Waals surface area contributed by atoms with Gasteiger partial charge in [-0.1, -0.05) is 34.5 Å². The average Bonchev–Trinajstić information content (AvgIpc) is 3.62. The van der Waals surface area contributed by atoms with Crippen LogP contribution < -0.4 is 4.90 Å². The maximum atomic E-state index is 14.6. The van der Waals surface area contributed by atoms with Crippen molar-refractivity contribution >= 4 is 39.8 Å². The number of halogens is 3. The van der Waals surface area contributed by atoms with E-state index in [9.17, 15) is 41.6 Å². The van der Waals surface area contributed by atoms with Crippen LogP contribution in [0.5, 0.6) is 0 Å². The van der Waals surface area contributed by atoms with Gasteiger partial charge in [-0.05, 0) is 67.4 Å². The van der Waals surface area contributed by atoms with Crippen LogP contribution in [-0.4, -0.2) is 65.0 Å². The third-order valence-corrected chi connectivity index (χ3v) is 11.0. The summed E-state index contributed by atoms with van der Waals surface area (Å²) >= 11 is 0. The summed E-state index contributed by atoms with van der Waals surface area (Å²) in [5.41, 5.74) is -1.94. The summed E-state index contributed by atoms with van der Waals surface area (Å²) in [5.74, 6) is -3.28. The van der Waals surface area contributed by atoms with E-state index in [2.05, 4.69) is 4.99 Å². The first kappa shape index (κ1) is 36.3. The lowest BCUT2D eigenvalue weighted by Crippen LogP contribution is -2.56. The van der Waals surface area contributed by atoms with Crippen LogP contribution in [0, 0.1) is 11.3 Å². The maximum absolute atomic E-state index is 14.6. The van der Waals surface area contributed by atoms with Crippen LogP contribution in [0.2, 0.25) is 0 Å². The standard InChI is InChI=1S/C36H31F3N4O8S/c1-4-50-32(45)28-29(33(46)51-5-2)41-34-35(18-27(31(44)49-3)43(34)52(47,48)24-16-12-21(19-40)13-17-24)25-8-6-7-9-26(25)42(30(28)35)20-22-10-14-23(15-11-22)36(37,38)39/h6-17,27,30H,4-5,18,20H2,1-3H3/t27-,30?,35-/m0/s1. The third-order valence-electron chi connectivity index (χ3n) is 9.24. The van der Waals surface area contributed by atoms with E-state index in [0.29, 0.717) is 16.8 Å². The highest BCUT2D eigenvalue weighted by molar-refractivity contribution is 7.96. The van der Waals surface area contributed by atoms with Gasteiger partial charge in [0.05, 0.1) is 54.5 Å². The molecular weight excluding hydrogens is 705 g/mol. The molecule has 3 aliphatic rings. The molecule has 3 aliphatic heterocycles. The second-order valence-corrected chi connectivity index (χ2v) is 13.8. The molecule has 1 saturated heterocycles. The molecule has 3 aromatic carbocycles. The van der Waals surface area contributed by atoms with E-state index < -0.39 is 63.2 Å². The number of benzene rings is 3. The van der Waals surface area contributed by atoms with Gasteiger partial charge in [0.2, 0.25) is 0 Å². The van der Waals surface area contributed by atoms with E-state index in [4.69, 9.17) is 14.2 Å². The minimum absolute atomic E-state index is 0.120. The summed E-state index contributed by atoms with van der Waals surface area (Å²) < 4.78 is 86.4. The molecule has 12 nitrogen and oxygen atoms in total. The minimum Gasteiger partial charge on any atom is -0.588 e. The van der Waals surface area contributed by atoms with E-state index >= 15 is 0 Å². The molecule has 0 amide bonds. The Bertz CT molecular complexity index is 2100. The predicted octanol–water partition coefficient (Wildman–Crippen LogP) is 4.85. The number of sulfonamides is 1. The molecule has 0 N–H and O–H groups in total. The molecule has 0 radical (unpaired) electrons. The number of hydrogen-bond acceptors (Lipinski definition) is 11. The van der Waals surface area contributed by atoms with Gasteiger partial charge in [-0.2, -0.15) is 22.7 Å². The Balaban J connectivity index is 1.65. The molecule has 52 heavy (non-hydrogen) atoms. The number of methoxy groups -OCH3 is 1. The molecule has 270 valence electrons. The number of carbonyl (C=O) groups excluding carboxylic acids is 3. The number of carbonyl (C=O) groups is 3. The van der Waals surface area contributed by atoms with Crippen molar-refractivity contribution in [1.82, 2.24) is 4.31 Å². The summed E-state index contributed by atoms with van der Waals surface area (Å²) in [6, 6.07) is 15.1. The van der Waals surface area contributed by atoms with Crippen molar-refractivity contribution in [2.24, 2.45) is 4.99 Å². The van der Waals surface area contributed by atoms with Crippen LogP contribution in [0.1, 0.15) is 42.5 Å². The molecule has 0 bridgehead atoms. The van der Waals surface area contributed by atoms with Crippen molar-refractivity contribution in [2.75, 3.05) is 25.2 Å². The summed E-state index contributed by atoms with van der Waals surface area (Å²) in [4.78, 5) is 47.3. The number of hydrogen-bond donors (Lipinski definition) is 0. The number of amidine groups is 1. The number of anilines is 1. The molecule has 0 aliphatic carbocycles. The first-order valence-corrected chi connectivity index (χ1v) is 17.5. The van der Waals surface area contributed by atoms with Crippen LogP contribution in [0.4, 0.5) is 18.9 Å². The van der Waals surface area contributed by atoms with Gasteiger partial charge in [-0.15, -0.1) is 0 Å². The van der Waals surface area contributed by atoms with Gasteiger partial charge in [0, 0.05) is 18.7 Å². The molecular formula is C36H31F3N4O8S. The van der Waals surface area contributed by atoms with E-state index in [0.717, 1.165) is 23.5 Å². The Morgan fingerprint density at radius 1 is 1.00 bits per heavy atom. The van der Waals surface area contributed by atoms with E-state index in [1.54, 1.807) is 36.1 Å². The molecule has 0 aromatic heterocycles. The maximum Gasteiger partial charge on any atom is 0.416 e. The fourth-order valence-electron chi connectivity index (χ4n) is 7.14. The first-order valence-electron chi connectivity index (χ1n) is 16.1. The van der Waals surface area contributed by atoms with E-state index in [-0.39, 0.29) is 48.0 Å². The molecule has 4 atom stereocenters. The fourth-order valence-corrected chi connectivity index (χ4v) is 8.78. The zero-order chi connectivity index (χ0) is 37.6. The van der Waals surface area contributed by atoms with Gasteiger partial charge in [-0.3, -0.25) is 0 Å². The molecule has 3 heterocycles. The summed E-state index contributed by atoms with van der Waals surface area (Å²) in [5, 5.41) is 9.32. The highest BCUT2D eigenvalue weighted by Crippen LogP contribution is 2.59. The lowest BCUT2D eigenvalue weighted by Gasteiger charge is -2.41. The highest BCUT2D eigenvalue weighted by Gasteiger charge is 2.70. The van der Waals surface area contributed by atoms with Crippen molar-refractivity contribution in [2.45, 2.75) is 55.4 Å². The number of nitrogens with zero attached hydrogens (tertiary/aromatic N) is 4. The Hall–Kier alpha value is -5.53. The Morgan fingerprint density at radius 3 is 2.23 bits per heavy atom. The van der Waals surface area contributed by atoms with Crippen molar-refractivity contribution in [3.05, 3.63) is 106 Å². The van der Waals surface area contributed by atoms with Gasteiger partial charge in [0.25, 0.3) is 0 Å². The van der Waals surface area contributed by atoms with Gasteiger partial charge >= 0.3 is 24.1 Å². The van der Waals surface area contributed by atoms with Crippen molar-refractivity contribution < 1.29 is 50.5 Å². The van der Waals surface area contributed by atoms with Crippen LogP contribution in [0.3, 0.4) is 0 Å². The number of rotatable bonds is 9. The second kappa shape index (κ2) is 13.5. The Labute approximate surface area is 297 Å². The zero-order valence-electron chi connectivity index (χ0n) is 28.0. The molecule has 1 fully saturated rings. The number of nitriles is 1. The van der Waals surface area contributed by atoms with Crippen LogP contribution in [0.25, 0.3) is 0 Å². The SMILES string of the molecule is CCOC(=O)C1=C(C(=O)OCC)C2N(Cc3ccc(C(F)(F)F)cc3)c3ccccc3[C@@]23C[C@@H](C(=O)OC)N([S+](=O)([O-])c2ccc(C#N)cc2)C3=N1. The van der Waals surface area contributed by atoms with Gasteiger partial charge in [0.1, 0.15) is 0 Å². The van der Waals surface area contributed by atoms with Crippen LogP contribution in [-0.2, 0) is 61.3 Å².